The van der Waals surface area contributed by atoms with Gasteiger partial charge in [0.25, 0.3) is 0 Å². The smallest absolute Gasteiger partial charge is 0.0887 e. The Hall–Kier alpha value is 0.430. The maximum Gasteiger partial charge on any atom is 0.0887 e. The molecule has 0 unspecified atom stereocenters. The number of hydrogen-bond donors (Lipinski definition) is 1. The van der Waals surface area contributed by atoms with E-state index in [1.165, 1.54) is 0 Å². The van der Waals surface area contributed by atoms with E-state index in [1.54, 1.807) is 11.3 Å². The second-order valence-corrected chi connectivity index (χ2v) is 4.40. The van der Waals surface area contributed by atoms with E-state index in [1.807, 2.05) is 6.07 Å². The fraction of sp³-hybridized carbons (Fsp3) is 0.200. The first-order chi connectivity index (χ1) is 4.24. The highest BCUT2D eigenvalue weighted by molar-refractivity contribution is 9.11. The minimum Gasteiger partial charge on any atom is -0.326 e. The topological polar surface area (TPSA) is 26.0 Å². The summed E-state index contributed by atoms with van der Waals surface area (Å²) in [4.78, 5) is 1.10. The van der Waals surface area contributed by atoms with Crippen molar-refractivity contribution in [3.63, 3.8) is 0 Å². The molecule has 0 radical (unpaired) electrons. The molecule has 0 saturated carbocycles. The molecule has 0 atom stereocenters. The monoisotopic (exact) mass is 225 g/mol. The van der Waals surface area contributed by atoms with E-state index >= 15 is 0 Å². The number of rotatable bonds is 1. The zero-order chi connectivity index (χ0) is 6.85. The highest BCUT2D eigenvalue weighted by Crippen LogP contribution is 2.31. The van der Waals surface area contributed by atoms with Crippen LogP contribution in [-0.2, 0) is 6.54 Å². The van der Waals surface area contributed by atoms with Crippen LogP contribution in [0.3, 0.4) is 0 Å². The zero-order valence-corrected chi connectivity index (χ0v) is 7.68. The Morgan fingerprint density at radius 1 is 1.78 bits per heavy atom. The molecule has 0 aromatic carbocycles. The van der Waals surface area contributed by atoms with Gasteiger partial charge in [0, 0.05) is 11.4 Å². The molecule has 4 heteroatoms. The van der Waals surface area contributed by atoms with Crippen LogP contribution in [0.15, 0.2) is 9.85 Å². The van der Waals surface area contributed by atoms with Gasteiger partial charge in [-0.1, -0.05) is 11.6 Å². The molecule has 1 nitrogen and oxygen atoms in total. The summed E-state index contributed by atoms with van der Waals surface area (Å²) in [6.07, 6.45) is 0. The van der Waals surface area contributed by atoms with Gasteiger partial charge < -0.3 is 5.73 Å². The number of hydrogen-bond acceptors (Lipinski definition) is 2. The molecule has 0 fully saturated rings. The summed E-state index contributed by atoms with van der Waals surface area (Å²) >= 11 is 10.6. The van der Waals surface area contributed by atoms with E-state index in [0.29, 0.717) is 6.54 Å². The molecular weight excluding hydrogens is 221 g/mol. The summed E-state index contributed by atoms with van der Waals surface area (Å²) < 4.78 is 0.963. The van der Waals surface area contributed by atoms with Crippen molar-refractivity contribution in [1.82, 2.24) is 0 Å². The average Bonchev–Trinajstić information content (AvgIpc) is 2.13. The summed E-state index contributed by atoms with van der Waals surface area (Å²) in [5.74, 6) is 0. The van der Waals surface area contributed by atoms with Crippen molar-refractivity contribution < 1.29 is 0 Å². The Labute approximate surface area is 70.9 Å². The first-order valence-electron chi connectivity index (χ1n) is 2.38. The molecular formula is C5H5BrClNS. The van der Waals surface area contributed by atoms with Gasteiger partial charge in [0.2, 0.25) is 0 Å². The van der Waals surface area contributed by atoms with Gasteiger partial charge in [-0.05, 0) is 22.0 Å². The second-order valence-electron chi connectivity index (χ2n) is 1.54. The fourth-order valence-corrected chi connectivity index (χ4v) is 2.19. The molecule has 1 aromatic rings. The highest BCUT2D eigenvalue weighted by Gasteiger charge is 2.00. The Bertz CT molecular complexity index is 191. The standard InChI is InChI=1S/C5H5BrClNS/c6-5-4(7)1-3(2-8)9-5/h1H,2,8H2. The SMILES string of the molecule is NCc1cc(Cl)c(Br)s1. The zero-order valence-electron chi connectivity index (χ0n) is 4.53. The summed E-state index contributed by atoms with van der Waals surface area (Å²) in [7, 11) is 0. The lowest BCUT2D eigenvalue weighted by atomic mass is 10.5. The molecule has 0 aliphatic heterocycles. The van der Waals surface area contributed by atoms with Crippen molar-refractivity contribution in [2.75, 3.05) is 0 Å². The first kappa shape index (κ1) is 7.54. The van der Waals surface area contributed by atoms with Crippen LogP contribution in [-0.4, -0.2) is 0 Å². The van der Waals surface area contributed by atoms with Crippen molar-refractivity contribution in [3.8, 4) is 0 Å². The largest absolute Gasteiger partial charge is 0.326 e. The van der Waals surface area contributed by atoms with E-state index in [2.05, 4.69) is 15.9 Å². The van der Waals surface area contributed by atoms with Gasteiger partial charge in [-0.25, -0.2) is 0 Å². The number of thiophene rings is 1. The Morgan fingerprint density at radius 3 is 2.67 bits per heavy atom. The predicted octanol–water partition coefficient (Wildman–Crippen LogP) is 2.62. The molecule has 1 rings (SSSR count). The van der Waals surface area contributed by atoms with E-state index in [-0.39, 0.29) is 0 Å². The highest BCUT2D eigenvalue weighted by atomic mass is 79.9. The second kappa shape index (κ2) is 3.01. The molecule has 0 amide bonds. The van der Waals surface area contributed by atoms with E-state index < -0.39 is 0 Å². The summed E-state index contributed by atoms with van der Waals surface area (Å²) in [5.41, 5.74) is 5.36. The van der Waals surface area contributed by atoms with E-state index in [9.17, 15) is 0 Å². The maximum atomic E-state index is 5.72. The Balaban J connectivity index is 2.98. The molecule has 1 heterocycles. The minimum atomic E-state index is 0.565. The fourth-order valence-electron chi connectivity index (χ4n) is 0.492. The molecule has 0 bridgehead atoms. The van der Waals surface area contributed by atoms with Crippen molar-refractivity contribution in [2.24, 2.45) is 5.73 Å². The molecule has 50 valence electrons. The molecule has 0 spiro atoms. The first-order valence-corrected chi connectivity index (χ1v) is 4.36. The molecule has 1 aromatic heterocycles. The third kappa shape index (κ3) is 1.67. The van der Waals surface area contributed by atoms with E-state index in [4.69, 9.17) is 17.3 Å². The maximum absolute atomic E-state index is 5.72. The lowest BCUT2D eigenvalue weighted by Crippen LogP contribution is -1.91. The van der Waals surface area contributed by atoms with Crippen molar-refractivity contribution in [3.05, 3.63) is 19.8 Å². The Kier molecular flexibility index (Phi) is 2.52. The van der Waals surface area contributed by atoms with Crippen LogP contribution < -0.4 is 5.73 Å². The van der Waals surface area contributed by atoms with Crippen LogP contribution in [0.5, 0.6) is 0 Å². The molecule has 0 saturated heterocycles. The van der Waals surface area contributed by atoms with Crippen molar-refractivity contribution >= 4 is 38.9 Å². The van der Waals surface area contributed by atoms with Crippen LogP contribution in [0, 0.1) is 0 Å². The third-order valence-electron chi connectivity index (χ3n) is 0.897. The van der Waals surface area contributed by atoms with Gasteiger partial charge in [0.15, 0.2) is 0 Å². The normalized spacial score (nSPS) is 10.1. The third-order valence-corrected chi connectivity index (χ3v) is 3.39. The number of nitrogens with two attached hydrogens (primary N) is 1. The van der Waals surface area contributed by atoms with Crippen LogP contribution in [0.25, 0.3) is 0 Å². The van der Waals surface area contributed by atoms with Gasteiger partial charge in [0.05, 0.1) is 8.81 Å². The molecule has 0 aliphatic carbocycles. The lowest BCUT2D eigenvalue weighted by molar-refractivity contribution is 1.11. The number of halogens is 2. The molecule has 9 heavy (non-hydrogen) atoms. The lowest BCUT2D eigenvalue weighted by Gasteiger charge is -1.80. The quantitative estimate of drug-likeness (QED) is 0.783. The van der Waals surface area contributed by atoms with Crippen LogP contribution in [0.1, 0.15) is 4.88 Å². The van der Waals surface area contributed by atoms with Crippen LogP contribution in [0.2, 0.25) is 5.02 Å². The Morgan fingerprint density at radius 2 is 2.44 bits per heavy atom. The predicted molar refractivity (Wildman–Crippen MR) is 44.9 cm³/mol. The summed E-state index contributed by atoms with van der Waals surface area (Å²) in [6.45, 7) is 0.565. The van der Waals surface area contributed by atoms with Gasteiger partial charge in [-0.2, -0.15) is 0 Å². The summed E-state index contributed by atoms with van der Waals surface area (Å²) in [5, 5.41) is 0.750. The molecule has 2 N–H and O–H groups in total. The molecule has 0 aliphatic rings. The minimum absolute atomic E-state index is 0.565. The van der Waals surface area contributed by atoms with Crippen LogP contribution in [0.4, 0.5) is 0 Å². The van der Waals surface area contributed by atoms with Gasteiger partial charge in [-0.3, -0.25) is 0 Å². The van der Waals surface area contributed by atoms with Gasteiger partial charge in [-0.15, -0.1) is 11.3 Å². The van der Waals surface area contributed by atoms with E-state index in [0.717, 1.165) is 13.7 Å². The van der Waals surface area contributed by atoms with Gasteiger partial charge in [0.1, 0.15) is 0 Å². The summed E-state index contributed by atoms with van der Waals surface area (Å²) in [6, 6.07) is 1.87. The van der Waals surface area contributed by atoms with Crippen molar-refractivity contribution in [2.45, 2.75) is 6.54 Å². The average molecular weight is 227 g/mol. The van der Waals surface area contributed by atoms with Crippen LogP contribution >= 0.6 is 38.9 Å². The van der Waals surface area contributed by atoms with Gasteiger partial charge >= 0.3 is 0 Å². The van der Waals surface area contributed by atoms with Crippen molar-refractivity contribution in [1.29, 1.82) is 0 Å².